The number of nitrogen functional groups attached to an aromatic ring is 1. The van der Waals surface area contributed by atoms with E-state index in [2.05, 4.69) is 0 Å². The number of nitrogens with two attached hydrogens (primary N) is 1. The highest BCUT2D eigenvalue weighted by Crippen LogP contribution is 2.39. The van der Waals surface area contributed by atoms with E-state index in [0.717, 1.165) is 0 Å². The van der Waals surface area contributed by atoms with Crippen LogP contribution in [0.3, 0.4) is 0 Å². The van der Waals surface area contributed by atoms with Crippen molar-refractivity contribution < 1.29 is 30.7 Å². The molecule has 0 saturated heterocycles. The van der Waals surface area contributed by atoms with Gasteiger partial charge in [0.1, 0.15) is 5.82 Å². The highest BCUT2D eigenvalue weighted by Gasteiger charge is 2.41. The third-order valence-corrected chi connectivity index (χ3v) is 1.71. The minimum absolute atomic E-state index is 0.116. The Hall–Kier alpha value is -1.47. The maximum Gasteiger partial charge on any atom is 0.419 e. The summed E-state index contributed by atoms with van der Waals surface area (Å²) < 4.78 is 85.8. The van der Waals surface area contributed by atoms with E-state index in [-0.39, 0.29) is 12.1 Å². The summed E-state index contributed by atoms with van der Waals surface area (Å²) in [6.07, 6.45) is -10.4. The Labute approximate surface area is 84.7 Å². The molecule has 16 heavy (non-hydrogen) atoms. The first-order valence-electron chi connectivity index (χ1n) is 3.77. The van der Waals surface area contributed by atoms with Crippen molar-refractivity contribution in [3.05, 3.63) is 29.1 Å². The normalized spacial score (nSPS) is 12.9. The van der Waals surface area contributed by atoms with Crippen LogP contribution < -0.4 is 5.73 Å². The van der Waals surface area contributed by atoms with Crippen LogP contribution in [0, 0.1) is 5.82 Å². The zero-order valence-corrected chi connectivity index (χ0v) is 7.38. The van der Waals surface area contributed by atoms with Crippen molar-refractivity contribution >= 4 is 5.69 Å². The van der Waals surface area contributed by atoms with Gasteiger partial charge in [0.25, 0.3) is 0 Å². The molecule has 0 atom stereocenters. The summed E-state index contributed by atoms with van der Waals surface area (Å²) in [6, 6.07) is 0.231. The molecular formula is C8H4F7N. The molecule has 0 aliphatic carbocycles. The summed E-state index contributed by atoms with van der Waals surface area (Å²) >= 11 is 0. The molecule has 0 spiro atoms. The van der Waals surface area contributed by atoms with E-state index in [4.69, 9.17) is 5.73 Å². The van der Waals surface area contributed by atoms with Crippen molar-refractivity contribution in [2.75, 3.05) is 5.73 Å². The second-order valence-corrected chi connectivity index (χ2v) is 2.93. The van der Waals surface area contributed by atoms with Gasteiger partial charge in [0, 0.05) is 5.69 Å². The van der Waals surface area contributed by atoms with E-state index in [1.165, 1.54) is 0 Å². The third kappa shape index (κ3) is 2.37. The van der Waals surface area contributed by atoms with Gasteiger partial charge in [-0.05, 0) is 12.1 Å². The third-order valence-electron chi connectivity index (χ3n) is 1.71. The van der Waals surface area contributed by atoms with Gasteiger partial charge < -0.3 is 5.73 Å². The molecule has 8 heteroatoms. The van der Waals surface area contributed by atoms with Gasteiger partial charge in [-0.2, -0.15) is 26.3 Å². The molecule has 0 radical (unpaired) electrons. The molecule has 0 aromatic heterocycles. The van der Waals surface area contributed by atoms with Crippen LogP contribution in [0.4, 0.5) is 36.4 Å². The summed E-state index contributed by atoms with van der Waals surface area (Å²) in [5.41, 5.74) is -0.00546. The molecular weight excluding hydrogens is 243 g/mol. The zero-order valence-electron chi connectivity index (χ0n) is 7.38. The van der Waals surface area contributed by atoms with Gasteiger partial charge in [-0.15, -0.1) is 0 Å². The first-order valence-corrected chi connectivity index (χ1v) is 3.77. The Kier molecular flexibility index (Phi) is 2.78. The number of anilines is 1. The van der Waals surface area contributed by atoms with Crippen LogP contribution in [0.15, 0.2) is 12.1 Å². The fourth-order valence-corrected chi connectivity index (χ4v) is 1.06. The van der Waals surface area contributed by atoms with Gasteiger partial charge in [-0.3, -0.25) is 0 Å². The maximum atomic E-state index is 12.9. The molecule has 1 aromatic carbocycles. The van der Waals surface area contributed by atoms with Crippen LogP contribution in [-0.2, 0) is 12.4 Å². The first kappa shape index (κ1) is 12.6. The van der Waals surface area contributed by atoms with E-state index in [1.54, 1.807) is 0 Å². The quantitative estimate of drug-likeness (QED) is 0.551. The van der Waals surface area contributed by atoms with Crippen LogP contribution in [-0.4, -0.2) is 0 Å². The lowest BCUT2D eigenvalue weighted by Crippen LogP contribution is -2.16. The van der Waals surface area contributed by atoms with Crippen molar-refractivity contribution in [3.63, 3.8) is 0 Å². The second kappa shape index (κ2) is 3.53. The largest absolute Gasteiger partial charge is 0.419 e. The van der Waals surface area contributed by atoms with Crippen LogP contribution in [0.5, 0.6) is 0 Å². The topological polar surface area (TPSA) is 26.0 Å². The number of halogens is 7. The van der Waals surface area contributed by atoms with Crippen LogP contribution in [0.2, 0.25) is 0 Å². The van der Waals surface area contributed by atoms with Crippen LogP contribution in [0.1, 0.15) is 11.1 Å². The van der Waals surface area contributed by atoms with Crippen molar-refractivity contribution in [3.8, 4) is 0 Å². The molecule has 0 unspecified atom stereocenters. The van der Waals surface area contributed by atoms with Gasteiger partial charge in [0.2, 0.25) is 0 Å². The Morgan fingerprint density at radius 1 is 0.812 bits per heavy atom. The average Bonchev–Trinajstić information content (AvgIpc) is 2.04. The standard InChI is InChI=1S/C8H4F7N/c9-6-4(7(10,11)12)1-3(16)2-5(6)8(13,14)15/h1-2H,16H2. The molecule has 1 aromatic rings. The Morgan fingerprint density at radius 3 is 1.38 bits per heavy atom. The lowest BCUT2D eigenvalue weighted by Gasteiger charge is -2.14. The first-order chi connectivity index (χ1) is 7.03. The van der Waals surface area contributed by atoms with Gasteiger partial charge in [-0.1, -0.05) is 0 Å². The Balaban J connectivity index is 3.51. The molecule has 1 nitrogen and oxygen atoms in total. The fourth-order valence-electron chi connectivity index (χ4n) is 1.06. The molecule has 0 aliphatic heterocycles. The summed E-state index contributed by atoms with van der Waals surface area (Å²) in [5, 5.41) is 0. The predicted octanol–water partition coefficient (Wildman–Crippen LogP) is 3.45. The lowest BCUT2D eigenvalue weighted by atomic mass is 10.1. The van der Waals surface area contributed by atoms with Crippen LogP contribution >= 0.6 is 0 Å². The van der Waals surface area contributed by atoms with E-state index in [1.807, 2.05) is 0 Å². The van der Waals surface area contributed by atoms with Gasteiger partial charge >= 0.3 is 12.4 Å². The number of benzene rings is 1. The molecule has 0 aliphatic rings. The van der Waals surface area contributed by atoms with Gasteiger partial charge in [0.15, 0.2) is 0 Å². The predicted molar refractivity (Wildman–Crippen MR) is 40.8 cm³/mol. The van der Waals surface area contributed by atoms with E-state index >= 15 is 0 Å². The van der Waals surface area contributed by atoms with Gasteiger partial charge in [-0.25, -0.2) is 4.39 Å². The summed E-state index contributed by atoms with van der Waals surface area (Å²) in [7, 11) is 0. The van der Waals surface area contributed by atoms with Crippen molar-refractivity contribution in [2.45, 2.75) is 12.4 Å². The number of hydrogen-bond donors (Lipinski definition) is 1. The van der Waals surface area contributed by atoms with E-state index < -0.39 is 35.0 Å². The monoisotopic (exact) mass is 247 g/mol. The Bertz CT molecular complexity index is 369. The van der Waals surface area contributed by atoms with Gasteiger partial charge in [0.05, 0.1) is 11.1 Å². The molecule has 0 bridgehead atoms. The SMILES string of the molecule is Nc1cc(C(F)(F)F)c(F)c(C(F)(F)F)c1. The molecule has 0 amide bonds. The van der Waals surface area contributed by atoms with Crippen molar-refractivity contribution in [2.24, 2.45) is 0 Å². The highest BCUT2D eigenvalue weighted by atomic mass is 19.4. The maximum absolute atomic E-state index is 12.9. The molecule has 90 valence electrons. The molecule has 0 heterocycles. The molecule has 0 saturated carbocycles. The smallest absolute Gasteiger partial charge is 0.399 e. The molecule has 0 fully saturated rings. The zero-order chi connectivity index (χ0) is 12.7. The Morgan fingerprint density at radius 2 is 1.12 bits per heavy atom. The van der Waals surface area contributed by atoms with Crippen LogP contribution in [0.25, 0.3) is 0 Å². The van der Waals surface area contributed by atoms with E-state index in [9.17, 15) is 30.7 Å². The average molecular weight is 247 g/mol. The lowest BCUT2D eigenvalue weighted by molar-refractivity contribution is -0.147. The van der Waals surface area contributed by atoms with Crippen molar-refractivity contribution in [1.82, 2.24) is 0 Å². The molecule has 2 N–H and O–H groups in total. The fraction of sp³-hybridized carbons (Fsp3) is 0.250. The van der Waals surface area contributed by atoms with Crippen molar-refractivity contribution in [1.29, 1.82) is 0 Å². The minimum atomic E-state index is -5.22. The number of hydrogen-bond acceptors (Lipinski definition) is 1. The molecule has 1 rings (SSSR count). The number of alkyl halides is 6. The van der Waals surface area contributed by atoms with E-state index in [0.29, 0.717) is 0 Å². The highest BCUT2D eigenvalue weighted by molar-refractivity contribution is 5.47. The minimum Gasteiger partial charge on any atom is -0.399 e. The summed E-state index contributed by atoms with van der Waals surface area (Å²) in [6.45, 7) is 0. The summed E-state index contributed by atoms with van der Waals surface area (Å²) in [4.78, 5) is 0. The number of rotatable bonds is 0. The second-order valence-electron chi connectivity index (χ2n) is 2.93. The summed E-state index contributed by atoms with van der Waals surface area (Å²) in [5.74, 6) is -2.37.